The van der Waals surface area contributed by atoms with E-state index in [2.05, 4.69) is 46.4 Å². The smallest absolute Gasteiger partial charge is 0.267 e. The molecule has 25 heteroatoms. The number of carbonyl (C=O) groups is 2. The largest absolute Gasteiger partial charge is 1.00 e. The Bertz CT molecular complexity index is 1840. The third-order valence-electron chi connectivity index (χ3n) is 9.89. The minimum atomic E-state index is -0.296. The van der Waals surface area contributed by atoms with Crippen molar-refractivity contribution in [2.75, 3.05) is 207 Å². The number of quaternary nitrogens is 1. The number of para-hydroxylation sites is 1. The summed E-state index contributed by atoms with van der Waals surface area (Å²) in [4.78, 5) is 43.8. The highest BCUT2D eigenvalue weighted by Crippen LogP contribution is 2.28. The minimum Gasteiger partial charge on any atom is -1.00 e. The van der Waals surface area contributed by atoms with E-state index in [1.54, 1.807) is 6.07 Å². The number of hydrogen-bond donors (Lipinski definition) is 4. The Morgan fingerprint density at radius 2 is 1.13 bits per heavy atom. The van der Waals surface area contributed by atoms with Gasteiger partial charge in [-0.2, -0.15) is 0 Å². The molecule has 0 aliphatic carbocycles. The van der Waals surface area contributed by atoms with Crippen molar-refractivity contribution in [3.05, 3.63) is 51.7 Å². The average molecular weight is 1070 g/mol. The Hall–Kier alpha value is -3.47. The van der Waals surface area contributed by atoms with Crippen LogP contribution in [0.2, 0.25) is 5.02 Å². The number of ether oxygens (including phenoxy) is 11. The molecule has 71 heavy (non-hydrogen) atoms. The van der Waals surface area contributed by atoms with Crippen LogP contribution < -0.4 is 39.0 Å². The molecule has 2 amide bonds. The number of piperazine rings is 1. The molecule has 1 fully saturated rings. The lowest BCUT2D eigenvalue weighted by molar-refractivity contribution is -0.374. The van der Waals surface area contributed by atoms with Crippen LogP contribution in [0.1, 0.15) is 21.1 Å². The van der Waals surface area contributed by atoms with E-state index in [9.17, 15) is 9.59 Å². The van der Waals surface area contributed by atoms with E-state index in [1.807, 2.05) is 32.0 Å². The van der Waals surface area contributed by atoms with Crippen molar-refractivity contribution in [3.63, 3.8) is 0 Å². The molecular formula is C46H75Cl2N9O13S. The number of amides is 2. The highest BCUT2D eigenvalue weighted by atomic mass is 35.5. The van der Waals surface area contributed by atoms with E-state index in [-0.39, 0.29) is 24.2 Å². The summed E-state index contributed by atoms with van der Waals surface area (Å²) in [5, 5.41) is 10.0. The highest BCUT2D eigenvalue weighted by Gasteiger charge is 2.21. The molecular weight excluding hydrogens is 990 g/mol. The molecule has 1 aromatic carbocycles. The van der Waals surface area contributed by atoms with Gasteiger partial charge < -0.3 is 91.1 Å². The predicted octanol–water partition coefficient (Wildman–Crippen LogP) is -1.13. The standard InChI is InChI=1S/C46H74ClN9O13S.ClH/c1-37-4-3-5-39(47)44(37)54-45(58)40-35-50-46(70-40)53-41-34-42(52-38(2)51-41)56-10-8-55(9-11-56)36-43(57)49-7-13-60-15-17-62-19-21-64-23-25-66-27-29-68-31-33-69-32-30-67-28-26-65-24-22-63-20-18-61-16-14-59-12-6-48;/h3-5,34-35H,6-33,36,48H2,1-2H3,(H,49,57)(H,54,58)(H,50,51,52,53);1H. The van der Waals surface area contributed by atoms with E-state index < -0.39 is 0 Å². The van der Waals surface area contributed by atoms with Crippen molar-refractivity contribution in [2.24, 2.45) is 0 Å². The number of aromatic nitrogens is 3. The fraction of sp³-hybridized carbons (Fsp3) is 0.674. The van der Waals surface area contributed by atoms with Gasteiger partial charge in [0.05, 0.1) is 175 Å². The van der Waals surface area contributed by atoms with Gasteiger partial charge in [0.15, 0.2) is 5.13 Å². The Labute approximate surface area is 432 Å². The number of carbonyl (C=O) groups excluding carboxylic acids is 2. The van der Waals surface area contributed by atoms with Crippen LogP contribution in [-0.2, 0) is 56.9 Å². The molecule has 1 saturated heterocycles. The van der Waals surface area contributed by atoms with Crippen molar-refractivity contribution >= 4 is 57.2 Å². The van der Waals surface area contributed by atoms with Gasteiger partial charge in [-0.1, -0.05) is 35.1 Å². The lowest BCUT2D eigenvalue weighted by atomic mass is 10.2. The first-order chi connectivity index (χ1) is 34.3. The van der Waals surface area contributed by atoms with E-state index >= 15 is 0 Å². The quantitative estimate of drug-likeness (QED) is 0.0491. The molecule has 1 aliphatic rings. The lowest BCUT2D eigenvalue weighted by Crippen LogP contribution is -3.00. The Morgan fingerprint density at radius 1 is 0.662 bits per heavy atom. The summed E-state index contributed by atoms with van der Waals surface area (Å²) in [6.45, 7) is 18.9. The maximum atomic E-state index is 12.9. The maximum Gasteiger partial charge on any atom is 0.267 e. The summed E-state index contributed by atoms with van der Waals surface area (Å²) >= 11 is 7.50. The molecule has 22 nitrogen and oxygen atoms in total. The number of anilines is 4. The molecule has 0 bridgehead atoms. The predicted molar refractivity (Wildman–Crippen MR) is 265 cm³/mol. The lowest BCUT2D eigenvalue weighted by Gasteiger charge is -2.35. The molecule has 1 aliphatic heterocycles. The monoisotopic (exact) mass is 1060 g/mol. The number of benzene rings is 1. The van der Waals surface area contributed by atoms with Crippen molar-refractivity contribution in [3.8, 4) is 0 Å². The van der Waals surface area contributed by atoms with Crippen molar-refractivity contribution < 1.29 is 79.8 Å². The zero-order valence-electron chi connectivity index (χ0n) is 41.3. The topological polar surface area (TPSA) is 245 Å². The minimum absolute atomic E-state index is 0. The molecule has 0 saturated carbocycles. The third kappa shape index (κ3) is 28.5. The SMILES string of the molecule is Cc1nc(Nc2ncc(C(=O)Nc3c(C)cccc3Cl)s2)cc(N2CCN(CC(=O)NCCOCCOCCOCCOCCOCCOCCOCCOCCOCCOCCOCC[NH3+])CC2)n1.[Cl-]. The van der Waals surface area contributed by atoms with Gasteiger partial charge in [-0.3, -0.25) is 14.5 Å². The first-order valence-electron chi connectivity index (χ1n) is 23.9. The molecule has 3 heterocycles. The van der Waals surface area contributed by atoms with Crippen molar-refractivity contribution in [1.82, 2.24) is 25.2 Å². The Balaban J connectivity index is 0.0000133. The first-order valence-corrected chi connectivity index (χ1v) is 25.0. The van der Waals surface area contributed by atoms with Crippen LogP contribution in [0.15, 0.2) is 30.5 Å². The number of hydrogen-bond acceptors (Lipinski definition) is 20. The van der Waals surface area contributed by atoms with Gasteiger partial charge in [-0.15, -0.1) is 0 Å². The number of rotatable bonds is 42. The van der Waals surface area contributed by atoms with Gasteiger partial charge in [-0.25, -0.2) is 15.0 Å². The highest BCUT2D eigenvalue weighted by molar-refractivity contribution is 7.17. The Kier molecular flexibility index (Phi) is 34.8. The molecule has 0 spiro atoms. The number of nitrogens with zero attached hydrogens (tertiary/aromatic N) is 5. The summed E-state index contributed by atoms with van der Waals surface area (Å²) in [5.74, 6) is 1.60. The van der Waals surface area contributed by atoms with E-state index in [1.165, 1.54) is 17.5 Å². The zero-order valence-corrected chi connectivity index (χ0v) is 43.6. The van der Waals surface area contributed by atoms with E-state index in [4.69, 9.17) is 63.7 Å². The van der Waals surface area contributed by atoms with Gasteiger partial charge in [0.2, 0.25) is 5.91 Å². The fourth-order valence-corrected chi connectivity index (χ4v) is 7.34. The summed E-state index contributed by atoms with van der Waals surface area (Å²) in [6, 6.07) is 7.31. The maximum absolute atomic E-state index is 12.9. The number of aryl methyl sites for hydroxylation is 2. The zero-order chi connectivity index (χ0) is 49.7. The Morgan fingerprint density at radius 3 is 1.59 bits per heavy atom. The molecule has 4 rings (SSSR count). The second-order valence-corrected chi connectivity index (χ2v) is 16.8. The van der Waals surface area contributed by atoms with Crippen LogP contribution in [0.3, 0.4) is 0 Å². The van der Waals surface area contributed by atoms with Crippen LogP contribution in [0.5, 0.6) is 0 Å². The van der Waals surface area contributed by atoms with Gasteiger partial charge >= 0.3 is 0 Å². The number of halogens is 2. The van der Waals surface area contributed by atoms with E-state index in [0.717, 1.165) is 17.9 Å². The van der Waals surface area contributed by atoms with Gasteiger partial charge in [0.25, 0.3) is 5.91 Å². The van der Waals surface area contributed by atoms with E-state index in [0.29, 0.717) is 217 Å². The van der Waals surface area contributed by atoms with Gasteiger partial charge in [-0.05, 0) is 25.5 Å². The first kappa shape index (κ1) is 61.8. The fourth-order valence-electron chi connectivity index (χ4n) is 6.35. The van der Waals surface area contributed by atoms with Crippen LogP contribution in [0.4, 0.5) is 22.5 Å². The molecule has 2 aromatic heterocycles. The van der Waals surface area contributed by atoms with Crippen LogP contribution in [-0.4, -0.2) is 223 Å². The second-order valence-electron chi connectivity index (χ2n) is 15.4. The van der Waals surface area contributed by atoms with Crippen molar-refractivity contribution in [1.29, 1.82) is 0 Å². The summed E-state index contributed by atoms with van der Waals surface area (Å²) in [6.07, 6.45) is 1.52. The van der Waals surface area contributed by atoms with Crippen LogP contribution in [0, 0.1) is 13.8 Å². The molecule has 0 unspecified atom stereocenters. The molecule has 402 valence electrons. The summed E-state index contributed by atoms with van der Waals surface area (Å²) < 4.78 is 60.3. The van der Waals surface area contributed by atoms with Gasteiger partial charge in [0.1, 0.15) is 22.3 Å². The molecule has 0 atom stereocenters. The molecule has 0 radical (unpaired) electrons. The van der Waals surface area contributed by atoms with Crippen molar-refractivity contribution in [2.45, 2.75) is 13.8 Å². The van der Waals surface area contributed by atoms with Crippen LogP contribution in [0.25, 0.3) is 0 Å². The molecule has 3 aromatic rings. The van der Waals surface area contributed by atoms with Gasteiger partial charge in [0, 0.05) is 38.8 Å². The number of nitrogens with one attached hydrogen (secondary N) is 3. The third-order valence-corrected chi connectivity index (χ3v) is 11.1. The summed E-state index contributed by atoms with van der Waals surface area (Å²) in [7, 11) is 0. The van der Waals surface area contributed by atoms with Crippen LogP contribution >= 0.6 is 22.9 Å². The second kappa shape index (κ2) is 40.0. The summed E-state index contributed by atoms with van der Waals surface area (Å²) in [5.41, 5.74) is 5.15. The normalized spacial score (nSPS) is 12.8. The number of thiazole rings is 1. The average Bonchev–Trinajstić information content (AvgIpc) is 3.82. The molecule has 6 N–H and O–H groups in total.